The number of halogens is 1. The van der Waals surface area contributed by atoms with Crippen LogP contribution in [0.15, 0.2) is 18.6 Å². The molecule has 1 aliphatic heterocycles. The fourth-order valence-corrected chi connectivity index (χ4v) is 3.55. The number of aryl methyl sites for hydroxylation is 1. The Bertz CT molecular complexity index is 566. The van der Waals surface area contributed by atoms with Crippen LogP contribution in [0.1, 0.15) is 25.7 Å². The largest absolute Gasteiger partial charge is 0.351 e. The van der Waals surface area contributed by atoms with Crippen LogP contribution in [-0.4, -0.2) is 32.5 Å². The van der Waals surface area contributed by atoms with E-state index < -0.39 is 0 Å². The number of anilines is 1. The number of fused-ring (bicyclic) bond motifs is 1. The van der Waals surface area contributed by atoms with Gasteiger partial charge in [0.25, 0.3) is 0 Å². The van der Waals surface area contributed by atoms with Crippen molar-refractivity contribution < 1.29 is 0 Å². The van der Waals surface area contributed by atoms with Crippen LogP contribution in [0.3, 0.4) is 0 Å². The molecule has 0 aromatic carbocycles. The molecule has 1 saturated heterocycles. The van der Waals surface area contributed by atoms with Crippen molar-refractivity contribution in [2.24, 2.45) is 7.05 Å². The average Bonchev–Trinajstić information content (AvgIpc) is 2.68. The highest BCUT2D eigenvalue weighted by atomic mass is 79.9. The summed E-state index contributed by atoms with van der Waals surface area (Å²) >= 11 is 3.66. The quantitative estimate of drug-likeness (QED) is 0.797. The Labute approximate surface area is 122 Å². The van der Waals surface area contributed by atoms with Gasteiger partial charge in [-0.3, -0.25) is 0 Å². The average molecular weight is 323 g/mol. The number of hydrogen-bond donors (Lipinski definition) is 0. The summed E-state index contributed by atoms with van der Waals surface area (Å²) in [5, 5.41) is 0.998. The van der Waals surface area contributed by atoms with Crippen molar-refractivity contribution in [1.29, 1.82) is 0 Å². The minimum atomic E-state index is 0.530. The second-order valence-corrected chi connectivity index (χ2v) is 5.86. The standard InChI is InChI=1S/C14H19BrN4/c1-18-10-17-13-12(18)6-7-16-14(13)19-8-4-2-3-5-11(19)9-15/h6-7,10-11H,2-5,8-9H2,1H3. The molecule has 19 heavy (non-hydrogen) atoms. The summed E-state index contributed by atoms with van der Waals surface area (Å²) in [5.41, 5.74) is 2.18. The number of hydrogen-bond acceptors (Lipinski definition) is 3. The van der Waals surface area contributed by atoms with Gasteiger partial charge in [-0.1, -0.05) is 28.8 Å². The predicted molar refractivity (Wildman–Crippen MR) is 81.9 cm³/mol. The Hall–Kier alpha value is -1.10. The van der Waals surface area contributed by atoms with Crippen molar-refractivity contribution in [3.8, 4) is 0 Å². The first-order valence-corrected chi connectivity index (χ1v) is 8.02. The van der Waals surface area contributed by atoms with E-state index in [1.807, 2.05) is 25.6 Å². The fourth-order valence-electron chi connectivity index (χ4n) is 2.87. The first-order valence-electron chi connectivity index (χ1n) is 6.90. The highest BCUT2D eigenvalue weighted by Crippen LogP contribution is 2.28. The van der Waals surface area contributed by atoms with Crippen LogP contribution in [0.5, 0.6) is 0 Å². The third kappa shape index (κ3) is 2.36. The summed E-state index contributed by atoms with van der Waals surface area (Å²) in [7, 11) is 2.03. The lowest BCUT2D eigenvalue weighted by molar-refractivity contribution is 0.623. The second-order valence-electron chi connectivity index (χ2n) is 5.21. The molecule has 102 valence electrons. The van der Waals surface area contributed by atoms with Crippen molar-refractivity contribution in [2.75, 3.05) is 16.8 Å². The van der Waals surface area contributed by atoms with Crippen LogP contribution in [0, 0.1) is 0 Å². The number of aromatic nitrogens is 3. The van der Waals surface area contributed by atoms with E-state index in [1.165, 1.54) is 25.7 Å². The van der Waals surface area contributed by atoms with E-state index in [4.69, 9.17) is 0 Å². The zero-order valence-corrected chi connectivity index (χ0v) is 12.8. The highest BCUT2D eigenvalue weighted by molar-refractivity contribution is 9.09. The lowest BCUT2D eigenvalue weighted by Gasteiger charge is -2.29. The minimum absolute atomic E-state index is 0.530. The highest BCUT2D eigenvalue weighted by Gasteiger charge is 2.23. The van der Waals surface area contributed by atoms with Gasteiger partial charge in [0.05, 0.1) is 11.8 Å². The van der Waals surface area contributed by atoms with Crippen LogP contribution in [-0.2, 0) is 7.05 Å². The Morgan fingerprint density at radius 3 is 3.05 bits per heavy atom. The van der Waals surface area contributed by atoms with E-state index in [1.54, 1.807) is 0 Å². The molecule has 0 aliphatic carbocycles. The van der Waals surface area contributed by atoms with Crippen molar-refractivity contribution >= 4 is 32.8 Å². The molecule has 5 heteroatoms. The number of alkyl halides is 1. The predicted octanol–water partition coefficient (Wildman–Crippen LogP) is 3.11. The second kappa shape index (κ2) is 5.49. The van der Waals surface area contributed by atoms with Gasteiger partial charge in [0.15, 0.2) is 5.82 Å². The molecule has 1 aliphatic rings. The lowest BCUT2D eigenvalue weighted by atomic mass is 10.1. The smallest absolute Gasteiger partial charge is 0.157 e. The van der Waals surface area contributed by atoms with Crippen LogP contribution in [0.4, 0.5) is 5.82 Å². The summed E-state index contributed by atoms with van der Waals surface area (Å²) in [6, 6.07) is 2.56. The molecule has 1 fully saturated rings. The van der Waals surface area contributed by atoms with E-state index in [2.05, 4.69) is 35.4 Å². The van der Waals surface area contributed by atoms with Crippen molar-refractivity contribution in [1.82, 2.24) is 14.5 Å². The Morgan fingerprint density at radius 1 is 1.32 bits per heavy atom. The first-order chi connectivity index (χ1) is 9.31. The third-order valence-corrected chi connectivity index (χ3v) is 4.70. The monoisotopic (exact) mass is 322 g/mol. The summed E-state index contributed by atoms with van der Waals surface area (Å²) < 4.78 is 2.06. The maximum absolute atomic E-state index is 4.61. The molecule has 0 radical (unpaired) electrons. The molecule has 0 saturated carbocycles. The van der Waals surface area contributed by atoms with Crippen LogP contribution >= 0.6 is 15.9 Å². The van der Waals surface area contributed by atoms with Crippen LogP contribution < -0.4 is 4.90 Å². The maximum Gasteiger partial charge on any atom is 0.157 e. The van der Waals surface area contributed by atoms with Crippen molar-refractivity contribution in [3.05, 3.63) is 18.6 Å². The molecule has 0 spiro atoms. The summed E-state index contributed by atoms with van der Waals surface area (Å²) in [4.78, 5) is 11.6. The Morgan fingerprint density at radius 2 is 2.21 bits per heavy atom. The zero-order chi connectivity index (χ0) is 13.2. The van der Waals surface area contributed by atoms with Gasteiger partial charge in [-0.25, -0.2) is 9.97 Å². The Kier molecular flexibility index (Phi) is 3.73. The van der Waals surface area contributed by atoms with Gasteiger partial charge in [0, 0.05) is 31.2 Å². The van der Waals surface area contributed by atoms with Crippen LogP contribution in [0.2, 0.25) is 0 Å². The minimum Gasteiger partial charge on any atom is -0.351 e. The van der Waals surface area contributed by atoms with E-state index >= 15 is 0 Å². The Balaban J connectivity index is 2.06. The summed E-state index contributed by atoms with van der Waals surface area (Å²) in [6.45, 7) is 1.08. The van der Waals surface area contributed by atoms with Gasteiger partial charge in [-0.2, -0.15) is 0 Å². The zero-order valence-electron chi connectivity index (χ0n) is 11.2. The molecular weight excluding hydrogens is 304 g/mol. The molecule has 1 unspecified atom stereocenters. The molecule has 0 amide bonds. The number of pyridine rings is 1. The van der Waals surface area contributed by atoms with Crippen molar-refractivity contribution in [2.45, 2.75) is 31.7 Å². The van der Waals surface area contributed by atoms with Gasteiger partial charge < -0.3 is 9.47 Å². The van der Waals surface area contributed by atoms with E-state index in [-0.39, 0.29) is 0 Å². The number of nitrogens with zero attached hydrogens (tertiary/aromatic N) is 4. The van der Waals surface area contributed by atoms with E-state index in [0.717, 1.165) is 28.7 Å². The van der Waals surface area contributed by atoms with Crippen molar-refractivity contribution in [3.63, 3.8) is 0 Å². The van der Waals surface area contributed by atoms with Crippen LogP contribution in [0.25, 0.3) is 11.0 Å². The molecule has 3 rings (SSSR count). The van der Waals surface area contributed by atoms with Gasteiger partial charge in [0.1, 0.15) is 5.52 Å². The van der Waals surface area contributed by atoms with E-state index in [0.29, 0.717) is 6.04 Å². The maximum atomic E-state index is 4.61. The molecular formula is C14H19BrN4. The summed E-state index contributed by atoms with van der Waals surface area (Å²) in [6.07, 6.45) is 8.88. The third-order valence-electron chi connectivity index (χ3n) is 3.95. The molecule has 1 atom stereocenters. The molecule has 3 heterocycles. The molecule has 0 bridgehead atoms. The molecule has 0 N–H and O–H groups in total. The van der Waals surface area contributed by atoms with Gasteiger partial charge in [0.2, 0.25) is 0 Å². The number of imidazole rings is 1. The fraction of sp³-hybridized carbons (Fsp3) is 0.571. The lowest BCUT2D eigenvalue weighted by Crippen LogP contribution is -2.36. The molecule has 2 aromatic heterocycles. The SMILES string of the molecule is Cn1cnc2c(N3CCCCCC3CBr)nccc21. The topological polar surface area (TPSA) is 34.0 Å². The first kappa shape index (κ1) is 12.9. The number of rotatable bonds is 2. The normalized spacial score (nSPS) is 20.7. The molecule has 4 nitrogen and oxygen atoms in total. The van der Waals surface area contributed by atoms with E-state index in [9.17, 15) is 0 Å². The summed E-state index contributed by atoms with van der Waals surface area (Å²) in [5.74, 6) is 1.05. The van der Waals surface area contributed by atoms with Gasteiger partial charge >= 0.3 is 0 Å². The molecule has 2 aromatic rings. The van der Waals surface area contributed by atoms with Gasteiger partial charge in [-0.15, -0.1) is 0 Å². The van der Waals surface area contributed by atoms with Gasteiger partial charge in [-0.05, 0) is 18.9 Å².